The molecule has 604 valence electrons. The molecule has 0 N–H and O–H groups in total. The third kappa shape index (κ3) is 16.5. The molecule has 0 atom stereocenters. The van der Waals surface area contributed by atoms with E-state index < -0.39 is 13.2 Å². The highest BCUT2D eigenvalue weighted by Crippen LogP contribution is 2.51. The maximum Gasteiger partial charge on any atom is 0.220 e. The predicted molar refractivity (Wildman–Crippen MR) is 512 cm³/mol. The van der Waals surface area contributed by atoms with E-state index in [1.165, 1.54) is 207 Å². The van der Waals surface area contributed by atoms with E-state index in [0.717, 1.165) is 22.0 Å². The first-order chi connectivity index (χ1) is 59.5. The summed E-state index contributed by atoms with van der Waals surface area (Å²) in [6.45, 7) is 40.7. The molecule has 0 saturated heterocycles. The number of hydrogen-bond acceptors (Lipinski definition) is 0. The van der Waals surface area contributed by atoms with E-state index in [1.807, 2.05) is 32.0 Å². The van der Waals surface area contributed by atoms with Gasteiger partial charge in [-0.25, -0.2) is 4.57 Å². The van der Waals surface area contributed by atoms with Gasteiger partial charge < -0.3 is 0 Å². The normalized spacial score (nSPS) is 13.0. The lowest BCUT2D eigenvalue weighted by molar-refractivity contribution is -0.665. The maximum atomic E-state index is 8.36. The van der Waals surface area contributed by atoms with Crippen LogP contribution < -0.4 is 22.8 Å². The molecule has 1 aliphatic rings. The minimum Gasteiger partial charge on any atom is -0.200 e. The lowest BCUT2D eigenvalue weighted by atomic mass is 9.81. The number of benzene rings is 12. The lowest BCUT2D eigenvalue weighted by Gasteiger charge is -2.22. The Morgan fingerprint density at radius 3 is 1.20 bits per heavy atom. The largest absolute Gasteiger partial charge is 0.220 e. The first kappa shape index (κ1) is 76.6. The third-order valence-electron chi connectivity index (χ3n) is 25.6. The van der Waals surface area contributed by atoms with E-state index in [9.17, 15) is 0 Å². The molecule has 0 fully saturated rings. The Kier molecular flexibility index (Phi) is 21.9. The molecular weight excluding hydrogens is 1450 g/mol. The van der Waals surface area contributed by atoms with Crippen LogP contribution in [0.25, 0.3) is 132 Å². The van der Waals surface area contributed by atoms with E-state index in [2.05, 4.69) is 376 Å². The summed E-state index contributed by atoms with van der Waals surface area (Å²) in [6.07, 6.45) is -1.39. The van der Waals surface area contributed by atoms with Crippen molar-refractivity contribution in [3.05, 3.63) is 361 Å². The highest BCUT2D eigenvalue weighted by molar-refractivity contribution is 6.00. The van der Waals surface area contributed by atoms with Crippen molar-refractivity contribution in [2.75, 3.05) is 0 Å². The van der Waals surface area contributed by atoms with Crippen molar-refractivity contribution in [3.8, 4) is 67.4 Å². The van der Waals surface area contributed by atoms with Gasteiger partial charge >= 0.3 is 0 Å². The minimum atomic E-state index is -2.36. The van der Waals surface area contributed by atoms with Gasteiger partial charge in [0.05, 0.1) is 43.6 Å². The van der Waals surface area contributed by atoms with Crippen molar-refractivity contribution in [1.29, 1.82) is 0 Å². The fourth-order valence-corrected chi connectivity index (χ4v) is 18.1. The highest BCUT2D eigenvalue weighted by Gasteiger charge is 2.37. The van der Waals surface area contributed by atoms with E-state index in [4.69, 9.17) is 8.22 Å². The van der Waals surface area contributed by atoms with Crippen LogP contribution in [0.3, 0.4) is 0 Å². The summed E-state index contributed by atoms with van der Waals surface area (Å²) in [5.74, 6) is 1.11. The maximum absolute atomic E-state index is 8.36. The second-order valence-corrected chi connectivity index (χ2v) is 35.2. The van der Waals surface area contributed by atoms with E-state index in [1.54, 1.807) is 23.7 Å². The Morgan fingerprint density at radius 1 is 0.308 bits per heavy atom. The molecule has 17 aromatic rings. The molecule has 0 spiro atoms. The summed E-state index contributed by atoms with van der Waals surface area (Å²) in [7, 11) is 10.5. The number of aryl methyl sites for hydroxylation is 14. The van der Waals surface area contributed by atoms with Gasteiger partial charge in [-0.3, -0.25) is 0 Å². The van der Waals surface area contributed by atoms with Crippen LogP contribution in [0.1, 0.15) is 175 Å². The molecule has 1 aliphatic carbocycles. The summed E-state index contributed by atoms with van der Waals surface area (Å²) in [5, 5.41) is 15.0. The summed E-state index contributed by atoms with van der Waals surface area (Å²) < 4.78 is 59.3. The summed E-state index contributed by atoms with van der Waals surface area (Å²) in [5.41, 5.74) is 36.9. The van der Waals surface area contributed by atoms with Crippen molar-refractivity contribution < 1.29 is 31.1 Å². The topological polar surface area (TPSA) is 19.4 Å². The SMILES string of the molecule is Cc1ccc(C)c(-c2c3ccc(C(C)C)cc3cc(C)[n+]2C)c1.Cc1ccc2c(-c3cc4c(cc3C)-c3ccccc3C4(C)C)[n+](C)c(C)cc2c1.Cc1ccc2c(-c3cc4ccccc4cc3C)[n+](C)c(C)cc2c1.Cc1ccccc1-c1c2ccc(C(C)C)cc2cc(C)[n+]1C.[2H]c1cc2cc(C)ccc2c(-c2cc(C([2H])([2H])[2H])cc(C([2H])([2H])C)c2C)[n+]1C. The van der Waals surface area contributed by atoms with Gasteiger partial charge in [0.1, 0.15) is 36.6 Å². The number of aromatic nitrogens is 5. The van der Waals surface area contributed by atoms with Gasteiger partial charge in [-0.2, -0.15) is 18.3 Å². The van der Waals surface area contributed by atoms with Crippen LogP contribution in [0.5, 0.6) is 0 Å². The molecule has 5 heteroatoms. The summed E-state index contributed by atoms with van der Waals surface area (Å²) in [4.78, 5) is 0. The van der Waals surface area contributed by atoms with Crippen molar-refractivity contribution in [2.45, 2.75) is 169 Å². The van der Waals surface area contributed by atoms with E-state index >= 15 is 0 Å². The molecule has 5 nitrogen and oxygen atoms in total. The zero-order valence-corrected chi connectivity index (χ0v) is 75.6. The molecule has 0 aliphatic heterocycles. The number of nitrogens with zero attached hydrogens (tertiary/aromatic N) is 5. The molecular formula is C115H124N5+5. The molecule has 120 heavy (non-hydrogen) atoms. The van der Waals surface area contributed by atoms with Crippen molar-refractivity contribution >= 4 is 64.6 Å². The smallest absolute Gasteiger partial charge is 0.200 e. The van der Waals surface area contributed by atoms with Crippen LogP contribution in [0, 0.1) is 96.9 Å². The Balaban J connectivity index is 0.000000128. The Morgan fingerprint density at radius 2 is 0.700 bits per heavy atom. The van der Waals surface area contributed by atoms with Gasteiger partial charge in [0, 0.05) is 81.4 Å². The zero-order chi connectivity index (χ0) is 90.9. The minimum absolute atomic E-state index is 0.0170. The van der Waals surface area contributed by atoms with E-state index in [0.29, 0.717) is 34.7 Å². The number of rotatable bonds is 8. The standard InChI is InChI=1S/C28H28N.C23H22N.C22H26N.2C21H24N/c1-17-11-12-21-20(13-17)15-19(3)29(6)27(21)23-16-26-24(14-18(23)2)22-9-7-8-10-25(22)28(26,4)5;1-15-9-10-21-20(11-15)13-17(3)24(4)23(21)22-14-19-8-6-5-7-18(19)12-16(22)2;1-14(2)18-9-10-20-19(13-18)12-17(5)23(6)22(20)21-11-15(3)7-8-16(21)4;1-14(2)17-10-11-20-18(13-17)12-16(4)22(5)21(20)19-9-7-6-8-15(19)3;1-6-17-12-15(3)13-20(16(17)4)21-19-8-7-14(2)11-18(19)9-10-22(21)5/h7-16H,1-6H3;5-14H,1-4H3;7-14H,1-6H3;6-14H,1-5H3;7-13H,6H2,1-5H3/q5*+1/i;;;;3D3,6D2,10D. The molecule has 5 aromatic heterocycles. The predicted octanol–water partition coefficient (Wildman–Crippen LogP) is 27.2. The van der Waals surface area contributed by atoms with Gasteiger partial charge in [-0.15, -0.1) is 0 Å². The van der Waals surface area contributed by atoms with Gasteiger partial charge in [0.2, 0.25) is 28.5 Å². The van der Waals surface area contributed by atoms with Crippen LogP contribution in [0.4, 0.5) is 0 Å². The lowest BCUT2D eigenvalue weighted by Crippen LogP contribution is -2.35. The Hall–Kier alpha value is -12.1. The zero-order valence-electron chi connectivity index (χ0n) is 81.6. The third-order valence-corrected chi connectivity index (χ3v) is 25.6. The molecule has 0 radical (unpaired) electrons. The Bertz CT molecular complexity index is 7200. The number of fused-ring (bicyclic) bond motifs is 9. The molecule has 5 heterocycles. The average molecular weight is 1580 g/mol. The quantitative estimate of drug-likeness (QED) is 0.135. The van der Waals surface area contributed by atoms with Crippen LogP contribution in [0.15, 0.2) is 255 Å². The van der Waals surface area contributed by atoms with Crippen LogP contribution >= 0.6 is 0 Å². The molecule has 18 rings (SSSR count). The summed E-state index contributed by atoms with van der Waals surface area (Å²) in [6, 6.07) is 89.7. The fourth-order valence-electron chi connectivity index (χ4n) is 18.1. The monoisotopic (exact) mass is 1580 g/mol. The second-order valence-electron chi connectivity index (χ2n) is 35.2. The highest BCUT2D eigenvalue weighted by atomic mass is 15.0. The Labute approximate surface area is 724 Å². The van der Waals surface area contributed by atoms with Crippen molar-refractivity contribution in [3.63, 3.8) is 0 Å². The van der Waals surface area contributed by atoms with Gasteiger partial charge in [-0.1, -0.05) is 228 Å². The van der Waals surface area contributed by atoms with E-state index in [-0.39, 0.29) is 11.0 Å². The van der Waals surface area contributed by atoms with Crippen molar-refractivity contribution in [1.82, 2.24) is 0 Å². The molecule has 0 bridgehead atoms. The molecule has 0 unspecified atom stereocenters. The molecule has 0 saturated carbocycles. The fraction of sp³-hybridized carbons (Fsp3) is 0.261. The first-order valence-corrected chi connectivity index (χ1v) is 42.6. The van der Waals surface area contributed by atoms with Crippen LogP contribution in [-0.4, -0.2) is 0 Å². The second kappa shape index (κ2) is 34.4. The van der Waals surface area contributed by atoms with Gasteiger partial charge in [0.15, 0.2) is 28.9 Å². The van der Waals surface area contributed by atoms with Gasteiger partial charge in [0.25, 0.3) is 0 Å². The number of pyridine rings is 5. The average Bonchev–Trinajstić information content (AvgIpc) is 1.56. The number of hydrogen-bond donors (Lipinski definition) is 0. The van der Waals surface area contributed by atoms with Gasteiger partial charge in [-0.05, 0) is 258 Å². The van der Waals surface area contributed by atoms with Crippen LogP contribution in [-0.2, 0) is 47.0 Å². The molecule has 12 aromatic carbocycles. The molecule has 0 amide bonds. The van der Waals surface area contributed by atoms with Crippen molar-refractivity contribution in [2.24, 2.45) is 35.2 Å². The summed E-state index contributed by atoms with van der Waals surface area (Å²) >= 11 is 0. The first-order valence-electron chi connectivity index (χ1n) is 45.6. The van der Waals surface area contributed by atoms with Crippen LogP contribution in [0.2, 0.25) is 0 Å².